The normalized spacial score (nSPS) is 20.4. The molecule has 1 aliphatic heterocycles. The number of unbranched alkanes of at least 4 members (excludes halogenated alkanes) is 2. The quantitative estimate of drug-likeness (QED) is 0.470. The minimum atomic E-state index is -0.107. The molecule has 1 saturated heterocycles. The average molecular weight is 400 g/mol. The van der Waals surface area contributed by atoms with Crippen LogP contribution in [0.25, 0.3) is 0 Å². The molecule has 1 aliphatic rings. The summed E-state index contributed by atoms with van der Waals surface area (Å²) in [6, 6.07) is 2.26. The molecule has 29 heavy (non-hydrogen) atoms. The van der Waals surface area contributed by atoms with E-state index in [2.05, 4.69) is 35.1 Å². The fourth-order valence-electron chi connectivity index (χ4n) is 3.70. The molecule has 0 spiro atoms. The molecule has 2 rings (SSSR count). The van der Waals surface area contributed by atoms with E-state index in [9.17, 15) is 4.79 Å². The number of aromatic nitrogens is 3. The molecule has 0 aromatic carbocycles. The monoisotopic (exact) mass is 399 g/mol. The number of carbonyl (C=O) groups excluding carboxylic acids is 1. The van der Waals surface area contributed by atoms with Gasteiger partial charge in [-0.1, -0.05) is 18.1 Å². The highest BCUT2D eigenvalue weighted by Gasteiger charge is 2.35. The molecule has 0 N–H and O–H groups in total. The lowest BCUT2D eigenvalue weighted by Crippen LogP contribution is -2.39. The second-order valence-electron chi connectivity index (χ2n) is 7.66. The van der Waals surface area contributed by atoms with Crippen LogP contribution in [0.5, 0.6) is 0 Å². The van der Waals surface area contributed by atoms with Gasteiger partial charge in [-0.15, -0.1) is 5.10 Å². The maximum atomic E-state index is 12.6. The van der Waals surface area contributed by atoms with Crippen LogP contribution in [0.2, 0.25) is 0 Å². The summed E-state index contributed by atoms with van der Waals surface area (Å²) in [4.78, 5) is 14.5. The SMILES string of the molecule is CCN(CC)C(=O)[C@H](C)[C@H]1CC[C@@H](C[C@@H](C)n2cc(C#CCCCC#N)nn2)O1. The number of rotatable bonds is 9. The van der Waals surface area contributed by atoms with Crippen molar-refractivity contribution >= 4 is 5.91 Å². The predicted octanol–water partition coefficient (Wildman–Crippen LogP) is 3.33. The molecule has 0 aliphatic carbocycles. The third-order valence-electron chi connectivity index (χ3n) is 5.54. The van der Waals surface area contributed by atoms with Crippen molar-refractivity contribution in [1.29, 1.82) is 5.26 Å². The molecule has 7 nitrogen and oxygen atoms in total. The van der Waals surface area contributed by atoms with Crippen LogP contribution in [-0.4, -0.2) is 51.1 Å². The van der Waals surface area contributed by atoms with Crippen molar-refractivity contribution < 1.29 is 9.53 Å². The Hall–Kier alpha value is -2.38. The van der Waals surface area contributed by atoms with E-state index in [1.165, 1.54) is 0 Å². The number of hydrogen-bond acceptors (Lipinski definition) is 5. The van der Waals surface area contributed by atoms with E-state index >= 15 is 0 Å². The number of carbonyl (C=O) groups is 1. The highest BCUT2D eigenvalue weighted by molar-refractivity contribution is 5.79. The Morgan fingerprint density at radius 2 is 2.10 bits per heavy atom. The van der Waals surface area contributed by atoms with Crippen molar-refractivity contribution in [2.75, 3.05) is 13.1 Å². The van der Waals surface area contributed by atoms with Crippen LogP contribution in [0.3, 0.4) is 0 Å². The Morgan fingerprint density at radius 3 is 2.79 bits per heavy atom. The van der Waals surface area contributed by atoms with Crippen molar-refractivity contribution in [2.24, 2.45) is 5.92 Å². The van der Waals surface area contributed by atoms with E-state index in [1.54, 1.807) is 0 Å². The molecule has 1 amide bonds. The Balaban J connectivity index is 1.84. The number of nitrogens with zero attached hydrogens (tertiary/aromatic N) is 5. The van der Waals surface area contributed by atoms with Crippen molar-refractivity contribution in [2.45, 2.75) is 84.5 Å². The first-order valence-electron chi connectivity index (χ1n) is 10.7. The van der Waals surface area contributed by atoms with Gasteiger partial charge in [0.1, 0.15) is 0 Å². The van der Waals surface area contributed by atoms with E-state index in [0.717, 1.165) is 38.8 Å². The van der Waals surface area contributed by atoms with Crippen molar-refractivity contribution in [1.82, 2.24) is 19.9 Å². The maximum absolute atomic E-state index is 12.6. The first-order valence-corrected chi connectivity index (χ1v) is 10.7. The Kier molecular flexibility index (Phi) is 9.15. The minimum Gasteiger partial charge on any atom is -0.374 e. The predicted molar refractivity (Wildman–Crippen MR) is 111 cm³/mol. The van der Waals surface area contributed by atoms with E-state index in [0.29, 0.717) is 18.5 Å². The molecule has 0 bridgehead atoms. The molecule has 0 unspecified atom stereocenters. The summed E-state index contributed by atoms with van der Waals surface area (Å²) in [5.74, 6) is 6.11. The molecule has 158 valence electrons. The summed E-state index contributed by atoms with van der Waals surface area (Å²) < 4.78 is 8.06. The van der Waals surface area contributed by atoms with Gasteiger partial charge in [0, 0.05) is 25.9 Å². The van der Waals surface area contributed by atoms with Crippen LogP contribution in [0, 0.1) is 29.1 Å². The minimum absolute atomic E-state index is 0.00844. The van der Waals surface area contributed by atoms with Gasteiger partial charge in [-0.3, -0.25) is 4.79 Å². The topological polar surface area (TPSA) is 84.0 Å². The van der Waals surface area contributed by atoms with Gasteiger partial charge in [0.15, 0.2) is 5.69 Å². The average Bonchev–Trinajstić information content (AvgIpc) is 3.38. The van der Waals surface area contributed by atoms with Gasteiger partial charge in [0.25, 0.3) is 0 Å². The van der Waals surface area contributed by atoms with E-state index < -0.39 is 0 Å². The number of nitriles is 1. The lowest BCUT2D eigenvalue weighted by atomic mass is 9.99. The third kappa shape index (κ3) is 6.58. The third-order valence-corrected chi connectivity index (χ3v) is 5.54. The molecule has 2 heterocycles. The molecule has 1 fully saturated rings. The van der Waals surface area contributed by atoms with Gasteiger partial charge in [0.2, 0.25) is 5.91 Å². The van der Waals surface area contributed by atoms with Crippen LogP contribution in [0.15, 0.2) is 6.20 Å². The number of ether oxygens (including phenoxy) is 1. The molecule has 4 atom stereocenters. The Labute approximate surface area is 174 Å². The summed E-state index contributed by atoms with van der Waals surface area (Å²) in [5.41, 5.74) is 0.650. The Bertz CT molecular complexity index is 753. The zero-order valence-electron chi connectivity index (χ0n) is 18.1. The fourth-order valence-corrected chi connectivity index (χ4v) is 3.70. The zero-order chi connectivity index (χ0) is 21.2. The van der Waals surface area contributed by atoms with Gasteiger partial charge in [-0.25, -0.2) is 4.68 Å². The summed E-state index contributed by atoms with van der Waals surface area (Å²) >= 11 is 0. The Morgan fingerprint density at radius 1 is 1.34 bits per heavy atom. The molecular weight excluding hydrogens is 366 g/mol. The van der Waals surface area contributed by atoms with E-state index in [1.807, 2.05) is 36.5 Å². The van der Waals surface area contributed by atoms with Gasteiger partial charge >= 0.3 is 0 Å². The van der Waals surface area contributed by atoms with Crippen LogP contribution in [-0.2, 0) is 9.53 Å². The second kappa shape index (κ2) is 11.6. The summed E-state index contributed by atoms with van der Waals surface area (Å²) in [5, 5.41) is 16.8. The molecular formula is C22H33N5O2. The van der Waals surface area contributed by atoms with E-state index in [-0.39, 0.29) is 30.1 Å². The van der Waals surface area contributed by atoms with Crippen molar-refractivity contribution in [3.8, 4) is 17.9 Å². The van der Waals surface area contributed by atoms with Crippen LogP contribution < -0.4 is 0 Å². The first kappa shape index (κ1) is 22.9. The molecule has 1 aromatic rings. The molecule has 0 saturated carbocycles. The van der Waals surface area contributed by atoms with Gasteiger partial charge in [0.05, 0.1) is 36.4 Å². The highest BCUT2D eigenvalue weighted by Crippen LogP contribution is 2.31. The molecule has 7 heteroatoms. The summed E-state index contributed by atoms with van der Waals surface area (Å²) in [7, 11) is 0. The molecule has 1 aromatic heterocycles. The maximum Gasteiger partial charge on any atom is 0.228 e. The van der Waals surface area contributed by atoms with Crippen molar-refractivity contribution in [3.05, 3.63) is 11.9 Å². The van der Waals surface area contributed by atoms with Gasteiger partial charge in [-0.05, 0) is 52.4 Å². The summed E-state index contributed by atoms with van der Waals surface area (Å²) in [6.07, 6.45) is 6.70. The lowest BCUT2D eigenvalue weighted by molar-refractivity contribution is -0.139. The van der Waals surface area contributed by atoms with Crippen molar-refractivity contribution in [3.63, 3.8) is 0 Å². The fraction of sp³-hybridized carbons (Fsp3) is 0.727. The highest BCUT2D eigenvalue weighted by atomic mass is 16.5. The number of hydrogen-bond donors (Lipinski definition) is 0. The van der Waals surface area contributed by atoms with Crippen LogP contribution in [0.4, 0.5) is 0 Å². The standard InChI is InChI=1S/C22H33N5O2/c1-5-26(6-2)22(28)18(4)21-13-12-20(29-21)15-17(3)27-16-19(24-25-27)11-9-7-8-10-14-23/h16-18,20-21H,5-8,10,12-13,15H2,1-4H3/t17-,18-,20+,21-/m1/s1. The lowest BCUT2D eigenvalue weighted by Gasteiger charge is -2.26. The van der Waals surface area contributed by atoms with Gasteiger partial charge in [-0.2, -0.15) is 5.26 Å². The summed E-state index contributed by atoms with van der Waals surface area (Å²) in [6.45, 7) is 9.58. The first-order chi connectivity index (χ1) is 14.0. The zero-order valence-corrected chi connectivity index (χ0v) is 18.1. The second-order valence-corrected chi connectivity index (χ2v) is 7.66. The van der Waals surface area contributed by atoms with Crippen LogP contribution >= 0.6 is 0 Å². The number of amides is 1. The largest absolute Gasteiger partial charge is 0.374 e. The smallest absolute Gasteiger partial charge is 0.228 e. The molecule has 0 radical (unpaired) electrons. The van der Waals surface area contributed by atoms with Crippen LogP contribution in [0.1, 0.15) is 78.0 Å². The van der Waals surface area contributed by atoms with E-state index in [4.69, 9.17) is 10.00 Å². The van der Waals surface area contributed by atoms with Gasteiger partial charge < -0.3 is 9.64 Å².